The molecule has 11 heavy (non-hydrogen) atoms. The van der Waals surface area contributed by atoms with E-state index in [9.17, 15) is 4.79 Å². The van der Waals surface area contributed by atoms with Crippen LogP contribution >= 0.6 is 0 Å². The highest BCUT2D eigenvalue weighted by atomic mass is 16.4. The second-order valence-electron chi connectivity index (χ2n) is 2.73. The van der Waals surface area contributed by atoms with Crippen molar-refractivity contribution in [2.45, 2.75) is 18.9 Å². The van der Waals surface area contributed by atoms with Gasteiger partial charge >= 0.3 is 0 Å². The zero-order valence-electron chi connectivity index (χ0n) is 7.54. The van der Waals surface area contributed by atoms with Gasteiger partial charge in [0, 0.05) is 14.2 Å². The molecule has 0 radical (unpaired) electrons. The molecule has 0 N–H and O–H groups in total. The summed E-state index contributed by atoms with van der Waals surface area (Å²) in [6, 6.07) is 0.218. The maximum Gasteiger partial charge on any atom is 0.137 e. The summed E-state index contributed by atoms with van der Waals surface area (Å²) in [5.41, 5.74) is 0. The highest BCUT2D eigenvalue weighted by Gasteiger charge is 2.18. The first-order valence-electron chi connectivity index (χ1n) is 3.82. The van der Waals surface area contributed by atoms with Crippen LogP contribution in [-0.2, 0) is 9.53 Å². The summed E-state index contributed by atoms with van der Waals surface area (Å²) in [4.78, 5) is 12.3. The third-order valence-corrected chi connectivity index (χ3v) is 1.73. The van der Waals surface area contributed by atoms with Crippen LogP contribution in [-0.4, -0.2) is 45.0 Å². The molecule has 0 aromatic heterocycles. The monoisotopic (exact) mass is 159 g/mol. The molecule has 3 heteroatoms. The molecular formula is C8H17NO2. The van der Waals surface area contributed by atoms with E-state index in [0.717, 1.165) is 19.3 Å². The molecule has 3 nitrogen and oxygen atoms in total. The van der Waals surface area contributed by atoms with E-state index in [1.54, 1.807) is 14.2 Å². The van der Waals surface area contributed by atoms with Crippen LogP contribution in [0.25, 0.3) is 0 Å². The average molecular weight is 159 g/mol. The van der Waals surface area contributed by atoms with E-state index in [1.807, 2.05) is 7.05 Å². The molecule has 0 aliphatic carbocycles. The number of likely N-dealkylation sites (tertiary alicyclic amines) is 1. The third-order valence-electron chi connectivity index (χ3n) is 1.73. The molecule has 0 saturated carbocycles. The lowest BCUT2D eigenvalue weighted by molar-refractivity contribution is -0.111. The summed E-state index contributed by atoms with van der Waals surface area (Å²) in [5.74, 6) is 0. The lowest BCUT2D eigenvalue weighted by Crippen LogP contribution is -2.25. The maximum absolute atomic E-state index is 10.2. The van der Waals surface area contributed by atoms with E-state index in [4.69, 9.17) is 0 Å². The van der Waals surface area contributed by atoms with Crippen molar-refractivity contribution in [1.29, 1.82) is 0 Å². The fourth-order valence-corrected chi connectivity index (χ4v) is 1.11. The molecule has 1 atom stereocenters. The number of likely N-dealkylation sites (N-methyl/N-ethyl adjacent to an activating group) is 1. The van der Waals surface area contributed by atoms with Crippen LogP contribution in [0.15, 0.2) is 0 Å². The number of carbonyl (C=O) groups excluding carboxylic acids is 1. The molecule has 1 unspecified atom stereocenters. The van der Waals surface area contributed by atoms with Crippen LogP contribution in [0, 0.1) is 0 Å². The fourth-order valence-electron chi connectivity index (χ4n) is 1.11. The first kappa shape index (κ1) is 10.6. The molecule has 1 rings (SSSR count). The Morgan fingerprint density at radius 1 is 1.55 bits per heavy atom. The molecule has 0 aromatic rings. The molecule has 0 spiro atoms. The Morgan fingerprint density at radius 2 is 2.09 bits per heavy atom. The summed E-state index contributed by atoms with van der Waals surface area (Å²) in [5, 5.41) is 0. The predicted octanol–water partition coefficient (Wildman–Crippen LogP) is 0.542. The van der Waals surface area contributed by atoms with Crippen molar-refractivity contribution in [3.63, 3.8) is 0 Å². The van der Waals surface area contributed by atoms with Gasteiger partial charge in [-0.3, -0.25) is 4.90 Å². The molecule has 1 saturated heterocycles. The second kappa shape index (κ2) is 6.31. The van der Waals surface area contributed by atoms with E-state index in [1.165, 1.54) is 6.42 Å². The lowest BCUT2D eigenvalue weighted by atomic mass is 10.2. The fraction of sp³-hybridized carbons (Fsp3) is 0.875. The highest BCUT2D eigenvalue weighted by Crippen LogP contribution is 2.11. The van der Waals surface area contributed by atoms with Crippen LogP contribution in [0.2, 0.25) is 0 Å². The zero-order valence-corrected chi connectivity index (χ0v) is 7.54. The summed E-state index contributed by atoms with van der Waals surface area (Å²) >= 11 is 0. The number of nitrogens with zero attached hydrogens (tertiary/aromatic N) is 1. The molecule has 1 heterocycles. The van der Waals surface area contributed by atoms with Crippen molar-refractivity contribution in [3.8, 4) is 0 Å². The maximum atomic E-state index is 10.2. The first-order chi connectivity index (χ1) is 5.26. The Bertz CT molecular complexity index is 106. The van der Waals surface area contributed by atoms with Crippen LogP contribution in [0.3, 0.4) is 0 Å². The number of aldehydes is 1. The van der Waals surface area contributed by atoms with Gasteiger partial charge in [0.1, 0.15) is 6.29 Å². The summed E-state index contributed by atoms with van der Waals surface area (Å²) < 4.78 is 4.25. The van der Waals surface area contributed by atoms with Gasteiger partial charge in [0.2, 0.25) is 0 Å². The van der Waals surface area contributed by atoms with Crippen molar-refractivity contribution < 1.29 is 9.53 Å². The van der Waals surface area contributed by atoms with Gasteiger partial charge in [-0.1, -0.05) is 0 Å². The Hall–Kier alpha value is -0.410. The van der Waals surface area contributed by atoms with Gasteiger partial charge in [-0.25, -0.2) is 0 Å². The minimum absolute atomic E-state index is 0.218. The summed E-state index contributed by atoms with van der Waals surface area (Å²) in [7, 11) is 5.24. The molecule has 1 aliphatic rings. The first-order valence-corrected chi connectivity index (χ1v) is 3.82. The topological polar surface area (TPSA) is 29.5 Å². The number of hydrogen-bond donors (Lipinski definition) is 0. The Labute approximate surface area is 68.3 Å². The predicted molar refractivity (Wildman–Crippen MR) is 44.6 cm³/mol. The normalized spacial score (nSPS) is 24.1. The number of hydrogen-bond acceptors (Lipinski definition) is 3. The number of ether oxygens (including phenoxy) is 1. The quantitative estimate of drug-likeness (QED) is 0.523. The Morgan fingerprint density at radius 3 is 2.27 bits per heavy atom. The van der Waals surface area contributed by atoms with Crippen LogP contribution in [0.5, 0.6) is 0 Å². The van der Waals surface area contributed by atoms with E-state index in [0.29, 0.717) is 0 Å². The largest absolute Gasteiger partial charge is 0.388 e. The summed E-state index contributed by atoms with van der Waals surface area (Å²) in [6.45, 7) is 1.09. The van der Waals surface area contributed by atoms with E-state index in [2.05, 4.69) is 9.64 Å². The molecular weight excluding hydrogens is 142 g/mol. The van der Waals surface area contributed by atoms with E-state index < -0.39 is 0 Å². The molecule has 0 amide bonds. The smallest absolute Gasteiger partial charge is 0.137 e. The number of rotatable bonds is 1. The van der Waals surface area contributed by atoms with Crippen molar-refractivity contribution in [3.05, 3.63) is 0 Å². The lowest BCUT2D eigenvalue weighted by Gasteiger charge is -2.10. The molecule has 1 fully saturated rings. The van der Waals surface area contributed by atoms with E-state index >= 15 is 0 Å². The zero-order chi connectivity index (χ0) is 8.69. The van der Waals surface area contributed by atoms with Gasteiger partial charge < -0.3 is 9.53 Å². The summed E-state index contributed by atoms with van der Waals surface area (Å²) in [6.07, 6.45) is 3.27. The van der Waals surface area contributed by atoms with Crippen LogP contribution in [0.1, 0.15) is 12.8 Å². The number of carbonyl (C=O) groups is 1. The third kappa shape index (κ3) is 4.11. The van der Waals surface area contributed by atoms with Crippen LogP contribution < -0.4 is 0 Å². The van der Waals surface area contributed by atoms with Gasteiger partial charge in [0.05, 0.1) is 6.04 Å². The average Bonchev–Trinajstić information content (AvgIpc) is 2.36. The molecule has 0 aromatic carbocycles. The molecule has 1 aliphatic heterocycles. The highest BCUT2D eigenvalue weighted by molar-refractivity contribution is 5.57. The number of methoxy groups -OCH3 is 1. The van der Waals surface area contributed by atoms with E-state index in [-0.39, 0.29) is 6.04 Å². The molecule has 0 bridgehead atoms. The van der Waals surface area contributed by atoms with Gasteiger partial charge in [-0.15, -0.1) is 0 Å². The second-order valence-corrected chi connectivity index (χ2v) is 2.73. The van der Waals surface area contributed by atoms with Gasteiger partial charge in [-0.2, -0.15) is 0 Å². The van der Waals surface area contributed by atoms with Gasteiger partial charge in [-0.05, 0) is 26.4 Å². The van der Waals surface area contributed by atoms with Crippen molar-refractivity contribution in [1.82, 2.24) is 4.90 Å². The van der Waals surface area contributed by atoms with Crippen molar-refractivity contribution >= 4 is 6.29 Å². The van der Waals surface area contributed by atoms with Gasteiger partial charge in [0.15, 0.2) is 0 Å². The Kier molecular flexibility index (Phi) is 6.07. The van der Waals surface area contributed by atoms with Crippen molar-refractivity contribution in [2.24, 2.45) is 0 Å². The van der Waals surface area contributed by atoms with Gasteiger partial charge in [0.25, 0.3) is 0 Å². The van der Waals surface area contributed by atoms with Crippen molar-refractivity contribution in [2.75, 3.05) is 27.8 Å². The van der Waals surface area contributed by atoms with Crippen LogP contribution in [0.4, 0.5) is 0 Å². The SMILES string of the molecule is CN1CCCC1C=O.COC. The minimum Gasteiger partial charge on any atom is -0.388 e. The Balaban J connectivity index is 0.000000292. The standard InChI is InChI=1S/C6H11NO.C2H6O/c1-7-4-2-3-6(7)5-8;1-3-2/h5-6H,2-4H2,1H3;1-2H3. The minimum atomic E-state index is 0.218. The molecule has 66 valence electrons.